The van der Waals surface area contributed by atoms with Crippen molar-refractivity contribution < 1.29 is 29.3 Å². The summed E-state index contributed by atoms with van der Waals surface area (Å²) in [6, 6.07) is 20.0. The number of fused-ring (bicyclic) bond motifs is 1. The third-order valence-electron chi connectivity index (χ3n) is 6.69. The fourth-order valence-electron chi connectivity index (χ4n) is 4.70. The molecular formula is C28H28N2O6. The molecule has 0 unspecified atom stereocenters. The van der Waals surface area contributed by atoms with E-state index in [0.29, 0.717) is 29.3 Å². The number of ether oxygens (including phenoxy) is 2. The van der Waals surface area contributed by atoms with Crippen LogP contribution in [-0.4, -0.2) is 59.5 Å². The molecule has 186 valence electrons. The molecule has 8 nitrogen and oxygen atoms in total. The average molecular weight is 489 g/mol. The molecule has 1 atom stereocenters. The molecule has 0 saturated carbocycles. The molecule has 0 spiro atoms. The first-order valence-corrected chi connectivity index (χ1v) is 12.0. The van der Waals surface area contributed by atoms with E-state index in [2.05, 4.69) is 0 Å². The summed E-state index contributed by atoms with van der Waals surface area (Å²) in [6.07, 6.45) is 1.62. The molecule has 2 aliphatic heterocycles. The summed E-state index contributed by atoms with van der Waals surface area (Å²) in [5.41, 5.74) is 3.84. The molecule has 8 heteroatoms. The number of carbonyl (C=O) groups is 2. The van der Waals surface area contributed by atoms with Gasteiger partial charge < -0.3 is 24.6 Å². The number of aliphatic hydroxyl groups is 2. The Balaban J connectivity index is 1.48. The second-order valence-corrected chi connectivity index (χ2v) is 8.94. The number of hydrogen-bond donors (Lipinski definition) is 2. The monoisotopic (exact) mass is 488 g/mol. The van der Waals surface area contributed by atoms with Crippen LogP contribution in [-0.2, 0) is 6.54 Å². The SMILES string of the molecule is O=C(CO)c1ccc(CN(C(=O)N2CCC[C@H]2CO)c2cccc(-c3ccc4c(c3)OCO4)c2)cc1. The Hall–Kier alpha value is -3.88. The Bertz CT molecular complexity index is 1260. The first kappa shape index (κ1) is 23.8. The van der Waals surface area contributed by atoms with Crippen molar-refractivity contribution in [2.75, 3.05) is 31.5 Å². The minimum Gasteiger partial charge on any atom is -0.454 e. The molecular weight excluding hydrogens is 460 g/mol. The van der Waals surface area contributed by atoms with Crippen molar-refractivity contribution in [2.45, 2.75) is 25.4 Å². The normalized spacial score (nSPS) is 16.3. The Morgan fingerprint density at radius 2 is 1.72 bits per heavy atom. The van der Waals surface area contributed by atoms with Gasteiger partial charge in [-0.25, -0.2) is 4.79 Å². The highest BCUT2D eigenvalue weighted by Crippen LogP contribution is 2.37. The van der Waals surface area contributed by atoms with Crippen molar-refractivity contribution in [3.8, 4) is 22.6 Å². The van der Waals surface area contributed by atoms with Gasteiger partial charge in [-0.3, -0.25) is 9.69 Å². The minimum absolute atomic E-state index is 0.0746. The third kappa shape index (κ3) is 4.78. The van der Waals surface area contributed by atoms with Gasteiger partial charge in [0.2, 0.25) is 6.79 Å². The summed E-state index contributed by atoms with van der Waals surface area (Å²) in [5.74, 6) is 1.04. The van der Waals surface area contributed by atoms with Crippen LogP contribution in [0.5, 0.6) is 11.5 Å². The number of amides is 2. The zero-order valence-corrected chi connectivity index (χ0v) is 19.8. The molecule has 2 amide bonds. The molecule has 0 aromatic heterocycles. The Labute approximate surface area is 209 Å². The Kier molecular flexibility index (Phi) is 6.88. The summed E-state index contributed by atoms with van der Waals surface area (Å²) >= 11 is 0. The maximum atomic E-state index is 13.8. The summed E-state index contributed by atoms with van der Waals surface area (Å²) in [7, 11) is 0. The van der Waals surface area contributed by atoms with E-state index in [1.54, 1.807) is 34.1 Å². The molecule has 2 heterocycles. The van der Waals surface area contributed by atoms with Gasteiger partial charge in [0.1, 0.15) is 6.61 Å². The van der Waals surface area contributed by atoms with E-state index in [9.17, 15) is 14.7 Å². The predicted molar refractivity (Wildman–Crippen MR) is 134 cm³/mol. The fraction of sp³-hybridized carbons (Fsp3) is 0.286. The van der Waals surface area contributed by atoms with Gasteiger partial charge in [0.15, 0.2) is 17.3 Å². The van der Waals surface area contributed by atoms with Crippen molar-refractivity contribution >= 4 is 17.5 Å². The first-order valence-electron chi connectivity index (χ1n) is 12.0. The van der Waals surface area contributed by atoms with Crippen molar-refractivity contribution in [2.24, 2.45) is 0 Å². The van der Waals surface area contributed by atoms with Crippen molar-refractivity contribution in [3.63, 3.8) is 0 Å². The van der Waals surface area contributed by atoms with E-state index >= 15 is 0 Å². The van der Waals surface area contributed by atoms with E-state index in [1.165, 1.54) is 0 Å². The van der Waals surface area contributed by atoms with E-state index in [4.69, 9.17) is 14.6 Å². The van der Waals surface area contributed by atoms with Crippen LogP contribution >= 0.6 is 0 Å². The molecule has 2 N–H and O–H groups in total. The molecule has 0 bridgehead atoms. The smallest absolute Gasteiger partial charge is 0.325 e. The maximum absolute atomic E-state index is 13.8. The Morgan fingerprint density at radius 1 is 0.944 bits per heavy atom. The number of hydrogen-bond acceptors (Lipinski definition) is 6. The van der Waals surface area contributed by atoms with Gasteiger partial charge in [-0.05, 0) is 53.8 Å². The van der Waals surface area contributed by atoms with Gasteiger partial charge in [0.05, 0.1) is 19.2 Å². The molecule has 0 radical (unpaired) electrons. The number of urea groups is 1. The molecule has 1 fully saturated rings. The van der Waals surface area contributed by atoms with Crippen LogP contribution in [0.4, 0.5) is 10.5 Å². The topological polar surface area (TPSA) is 99.5 Å². The van der Waals surface area contributed by atoms with Gasteiger partial charge in [0.25, 0.3) is 0 Å². The molecule has 0 aliphatic carbocycles. The molecule has 2 aliphatic rings. The second kappa shape index (κ2) is 10.4. The Morgan fingerprint density at radius 3 is 2.50 bits per heavy atom. The van der Waals surface area contributed by atoms with Crippen LogP contribution in [0.1, 0.15) is 28.8 Å². The molecule has 1 saturated heterocycles. The highest BCUT2D eigenvalue weighted by atomic mass is 16.7. The minimum atomic E-state index is -0.548. The van der Waals surface area contributed by atoms with E-state index < -0.39 is 6.61 Å². The van der Waals surface area contributed by atoms with E-state index in [1.807, 2.05) is 42.5 Å². The predicted octanol–water partition coefficient (Wildman–Crippen LogP) is 3.84. The van der Waals surface area contributed by atoms with Gasteiger partial charge in [-0.2, -0.15) is 0 Å². The number of carbonyl (C=O) groups excluding carboxylic acids is 2. The number of aliphatic hydroxyl groups excluding tert-OH is 2. The molecule has 36 heavy (non-hydrogen) atoms. The van der Waals surface area contributed by atoms with Crippen LogP contribution in [0.3, 0.4) is 0 Å². The molecule has 5 rings (SSSR count). The number of benzene rings is 3. The molecule has 3 aromatic carbocycles. The lowest BCUT2D eigenvalue weighted by Crippen LogP contribution is -2.46. The largest absolute Gasteiger partial charge is 0.454 e. The second-order valence-electron chi connectivity index (χ2n) is 8.94. The fourth-order valence-corrected chi connectivity index (χ4v) is 4.70. The number of ketones is 1. The van der Waals surface area contributed by atoms with Crippen LogP contribution < -0.4 is 14.4 Å². The van der Waals surface area contributed by atoms with Crippen LogP contribution in [0.25, 0.3) is 11.1 Å². The number of nitrogens with zero attached hydrogens (tertiary/aromatic N) is 2. The van der Waals surface area contributed by atoms with Crippen LogP contribution in [0.2, 0.25) is 0 Å². The van der Waals surface area contributed by atoms with Gasteiger partial charge in [-0.1, -0.05) is 42.5 Å². The number of likely N-dealkylation sites (tertiary alicyclic amines) is 1. The number of rotatable bonds is 7. The lowest BCUT2D eigenvalue weighted by Gasteiger charge is -2.31. The van der Waals surface area contributed by atoms with Gasteiger partial charge in [0, 0.05) is 17.8 Å². The number of anilines is 1. The van der Waals surface area contributed by atoms with Crippen LogP contribution in [0.15, 0.2) is 66.7 Å². The zero-order valence-electron chi connectivity index (χ0n) is 19.8. The summed E-state index contributed by atoms with van der Waals surface area (Å²) in [6.45, 7) is 0.451. The first-order chi connectivity index (χ1) is 17.6. The van der Waals surface area contributed by atoms with Gasteiger partial charge >= 0.3 is 6.03 Å². The van der Waals surface area contributed by atoms with Gasteiger partial charge in [-0.15, -0.1) is 0 Å². The zero-order chi connectivity index (χ0) is 25.1. The van der Waals surface area contributed by atoms with Crippen molar-refractivity contribution in [1.82, 2.24) is 4.90 Å². The highest BCUT2D eigenvalue weighted by molar-refractivity contribution is 5.97. The van der Waals surface area contributed by atoms with Crippen LogP contribution in [0, 0.1) is 0 Å². The standard InChI is InChI=1S/C28H28N2O6/c31-16-24-5-2-12-29(24)28(34)30(15-19-6-8-20(9-7-19)25(33)17-32)23-4-1-3-21(13-23)22-10-11-26-27(14-22)36-18-35-26/h1,3-4,6-11,13-14,24,31-32H,2,5,12,15-18H2/t24-/m0/s1. The third-order valence-corrected chi connectivity index (χ3v) is 6.69. The molecule has 3 aromatic rings. The van der Waals surface area contributed by atoms with E-state index in [-0.39, 0.29) is 37.8 Å². The lowest BCUT2D eigenvalue weighted by atomic mass is 10.0. The average Bonchev–Trinajstić information content (AvgIpc) is 3.60. The summed E-state index contributed by atoms with van der Waals surface area (Å²) < 4.78 is 10.9. The summed E-state index contributed by atoms with van der Waals surface area (Å²) in [5, 5.41) is 18.9. The van der Waals surface area contributed by atoms with E-state index in [0.717, 1.165) is 29.5 Å². The number of Topliss-reactive ketones (excluding diaryl/α,β-unsaturated/α-hetero) is 1. The maximum Gasteiger partial charge on any atom is 0.325 e. The quantitative estimate of drug-likeness (QED) is 0.491. The highest BCUT2D eigenvalue weighted by Gasteiger charge is 2.32. The summed E-state index contributed by atoms with van der Waals surface area (Å²) in [4.78, 5) is 29.0. The van der Waals surface area contributed by atoms with Crippen molar-refractivity contribution in [3.05, 3.63) is 77.9 Å². The lowest BCUT2D eigenvalue weighted by molar-refractivity contribution is 0.0903. The van der Waals surface area contributed by atoms with Crippen molar-refractivity contribution in [1.29, 1.82) is 0 Å².